The molecule has 0 aliphatic heterocycles. The van der Waals surface area contributed by atoms with Gasteiger partial charge in [0.25, 0.3) is 0 Å². The average molecular weight is 313 g/mol. The molecule has 2 rings (SSSR count). The van der Waals surface area contributed by atoms with E-state index in [1.54, 1.807) is 7.11 Å². The molecule has 1 saturated carbocycles. The van der Waals surface area contributed by atoms with E-state index < -0.39 is 0 Å². The Morgan fingerprint density at radius 2 is 2.19 bits per heavy atom. The molecule has 4 nitrogen and oxygen atoms in total. The van der Waals surface area contributed by atoms with Gasteiger partial charge in [0.15, 0.2) is 0 Å². The van der Waals surface area contributed by atoms with E-state index in [9.17, 15) is 4.79 Å². The second kappa shape index (κ2) is 8.25. The molecular formula is C16H25ClN2O2. The fourth-order valence-corrected chi connectivity index (χ4v) is 2.98. The fourth-order valence-electron chi connectivity index (χ4n) is 2.98. The molecule has 118 valence electrons. The van der Waals surface area contributed by atoms with Gasteiger partial charge in [0.2, 0.25) is 5.91 Å². The summed E-state index contributed by atoms with van der Waals surface area (Å²) in [4.78, 5) is 12.2. The van der Waals surface area contributed by atoms with Gasteiger partial charge in [-0.1, -0.05) is 18.6 Å². The van der Waals surface area contributed by atoms with Crippen molar-refractivity contribution in [1.82, 2.24) is 5.32 Å². The number of methoxy groups -OCH3 is 1. The molecule has 1 fully saturated rings. The molecule has 0 aromatic heterocycles. The molecule has 0 spiro atoms. The Balaban J connectivity index is 0.00000220. The van der Waals surface area contributed by atoms with Crippen LogP contribution in [0.1, 0.15) is 30.4 Å². The highest BCUT2D eigenvalue weighted by Crippen LogP contribution is 2.31. The van der Waals surface area contributed by atoms with Crippen molar-refractivity contribution in [2.45, 2.75) is 32.7 Å². The highest BCUT2D eigenvalue weighted by molar-refractivity contribution is 5.85. The first-order chi connectivity index (χ1) is 9.65. The number of ether oxygens (including phenoxy) is 1. The number of amides is 1. The minimum absolute atomic E-state index is 0. The smallest absolute Gasteiger partial charge is 0.223 e. The van der Waals surface area contributed by atoms with Gasteiger partial charge >= 0.3 is 0 Å². The summed E-state index contributed by atoms with van der Waals surface area (Å²) in [6, 6.07) is 6.02. The van der Waals surface area contributed by atoms with Crippen LogP contribution >= 0.6 is 12.4 Å². The Kier molecular flexibility index (Phi) is 6.99. The van der Waals surface area contributed by atoms with E-state index in [1.807, 2.05) is 25.1 Å². The van der Waals surface area contributed by atoms with E-state index in [2.05, 4.69) is 5.32 Å². The summed E-state index contributed by atoms with van der Waals surface area (Å²) < 4.78 is 5.35. The van der Waals surface area contributed by atoms with E-state index in [4.69, 9.17) is 10.5 Å². The standard InChI is InChI=1S/C16H24N2O2.ClH/c1-11-6-7-13(15(8-11)20-2)10-18-16(19)14-5-3-4-12(14)9-17;/h6-8,12,14H,3-5,9-10,17H2,1-2H3,(H,18,19);1H/t12-,14-;/m1./s1. The first kappa shape index (κ1) is 17.8. The Morgan fingerprint density at radius 3 is 2.86 bits per heavy atom. The molecule has 21 heavy (non-hydrogen) atoms. The van der Waals surface area contributed by atoms with E-state index in [1.165, 1.54) is 0 Å². The first-order valence-corrected chi connectivity index (χ1v) is 7.27. The number of hydrogen-bond acceptors (Lipinski definition) is 3. The minimum Gasteiger partial charge on any atom is -0.496 e. The molecule has 0 heterocycles. The zero-order valence-electron chi connectivity index (χ0n) is 12.7. The van der Waals surface area contributed by atoms with Gasteiger partial charge in [-0.2, -0.15) is 0 Å². The largest absolute Gasteiger partial charge is 0.496 e. The maximum Gasteiger partial charge on any atom is 0.223 e. The van der Waals surface area contributed by atoms with Gasteiger partial charge in [0, 0.05) is 18.0 Å². The van der Waals surface area contributed by atoms with Gasteiger partial charge in [-0.15, -0.1) is 12.4 Å². The van der Waals surface area contributed by atoms with Crippen molar-refractivity contribution in [3.05, 3.63) is 29.3 Å². The van der Waals surface area contributed by atoms with Gasteiger partial charge in [-0.25, -0.2) is 0 Å². The van der Waals surface area contributed by atoms with Gasteiger partial charge < -0.3 is 15.8 Å². The maximum absolute atomic E-state index is 12.2. The molecule has 1 aromatic rings. The third kappa shape index (κ3) is 4.35. The van der Waals surface area contributed by atoms with E-state index in [0.29, 0.717) is 19.0 Å². The molecule has 0 unspecified atom stereocenters. The van der Waals surface area contributed by atoms with E-state index in [0.717, 1.165) is 36.1 Å². The van der Waals surface area contributed by atoms with Crippen molar-refractivity contribution < 1.29 is 9.53 Å². The number of aryl methyl sites for hydroxylation is 1. The van der Waals surface area contributed by atoms with Crippen LogP contribution < -0.4 is 15.8 Å². The number of rotatable bonds is 5. The van der Waals surface area contributed by atoms with Crippen molar-refractivity contribution in [2.24, 2.45) is 17.6 Å². The number of nitrogens with two attached hydrogens (primary N) is 1. The lowest BCUT2D eigenvalue weighted by Gasteiger charge is -2.18. The molecule has 0 saturated heterocycles. The van der Waals surface area contributed by atoms with Crippen LogP contribution in [0.2, 0.25) is 0 Å². The number of halogens is 1. The van der Waals surface area contributed by atoms with Crippen LogP contribution in [-0.4, -0.2) is 19.6 Å². The zero-order valence-corrected chi connectivity index (χ0v) is 13.5. The van der Waals surface area contributed by atoms with E-state index in [-0.39, 0.29) is 24.2 Å². The number of carbonyl (C=O) groups is 1. The molecule has 1 amide bonds. The summed E-state index contributed by atoms with van der Waals surface area (Å²) in [7, 11) is 1.65. The van der Waals surface area contributed by atoms with Gasteiger partial charge in [0.05, 0.1) is 7.11 Å². The second-order valence-electron chi connectivity index (χ2n) is 5.57. The van der Waals surface area contributed by atoms with Crippen molar-refractivity contribution in [3.63, 3.8) is 0 Å². The first-order valence-electron chi connectivity index (χ1n) is 7.27. The topological polar surface area (TPSA) is 64.3 Å². The molecule has 0 bridgehead atoms. The zero-order chi connectivity index (χ0) is 14.5. The Hall–Kier alpha value is -1.26. The van der Waals surface area contributed by atoms with Crippen LogP contribution in [0.25, 0.3) is 0 Å². The maximum atomic E-state index is 12.2. The van der Waals surface area contributed by atoms with Crippen molar-refractivity contribution >= 4 is 18.3 Å². The highest BCUT2D eigenvalue weighted by atomic mass is 35.5. The van der Waals surface area contributed by atoms with Crippen LogP contribution in [0.5, 0.6) is 5.75 Å². The molecule has 1 aliphatic carbocycles. The Bertz CT molecular complexity index is 479. The Labute approximate surface area is 132 Å². The fraction of sp³-hybridized carbons (Fsp3) is 0.562. The lowest BCUT2D eigenvalue weighted by molar-refractivity contribution is -0.126. The van der Waals surface area contributed by atoms with Gasteiger partial charge in [-0.05, 0) is 43.9 Å². The van der Waals surface area contributed by atoms with Crippen molar-refractivity contribution in [3.8, 4) is 5.75 Å². The third-order valence-electron chi connectivity index (χ3n) is 4.19. The molecule has 0 radical (unpaired) electrons. The number of benzene rings is 1. The summed E-state index contributed by atoms with van der Waals surface area (Å²) in [5.74, 6) is 1.37. The predicted molar refractivity (Wildman–Crippen MR) is 86.7 cm³/mol. The molecule has 1 aromatic carbocycles. The predicted octanol–water partition coefficient (Wildman–Crippen LogP) is 2.42. The number of carbonyl (C=O) groups excluding carboxylic acids is 1. The molecule has 5 heteroatoms. The van der Waals surface area contributed by atoms with Crippen LogP contribution in [0.4, 0.5) is 0 Å². The van der Waals surface area contributed by atoms with Crippen molar-refractivity contribution in [2.75, 3.05) is 13.7 Å². The summed E-state index contributed by atoms with van der Waals surface area (Å²) in [6.45, 7) is 3.14. The summed E-state index contributed by atoms with van der Waals surface area (Å²) >= 11 is 0. The van der Waals surface area contributed by atoms with Crippen LogP contribution in [-0.2, 0) is 11.3 Å². The minimum atomic E-state index is 0. The average Bonchev–Trinajstić information content (AvgIpc) is 2.94. The summed E-state index contributed by atoms with van der Waals surface area (Å²) in [6.07, 6.45) is 3.13. The van der Waals surface area contributed by atoms with Crippen LogP contribution in [0.15, 0.2) is 18.2 Å². The highest BCUT2D eigenvalue weighted by Gasteiger charge is 2.31. The molecule has 2 atom stereocenters. The second-order valence-corrected chi connectivity index (χ2v) is 5.57. The normalized spacial score (nSPS) is 20.7. The Morgan fingerprint density at radius 1 is 1.43 bits per heavy atom. The third-order valence-corrected chi connectivity index (χ3v) is 4.19. The quantitative estimate of drug-likeness (QED) is 0.877. The molecule has 3 N–H and O–H groups in total. The number of hydrogen-bond donors (Lipinski definition) is 2. The lowest BCUT2D eigenvalue weighted by atomic mass is 9.95. The summed E-state index contributed by atoms with van der Waals surface area (Å²) in [5.41, 5.74) is 7.89. The summed E-state index contributed by atoms with van der Waals surface area (Å²) in [5, 5.41) is 3.02. The van der Waals surface area contributed by atoms with Crippen LogP contribution in [0.3, 0.4) is 0 Å². The molecular weight excluding hydrogens is 288 g/mol. The monoisotopic (exact) mass is 312 g/mol. The van der Waals surface area contributed by atoms with E-state index >= 15 is 0 Å². The lowest BCUT2D eigenvalue weighted by Crippen LogP contribution is -2.34. The van der Waals surface area contributed by atoms with Gasteiger partial charge in [-0.3, -0.25) is 4.79 Å². The van der Waals surface area contributed by atoms with Crippen molar-refractivity contribution in [1.29, 1.82) is 0 Å². The van der Waals surface area contributed by atoms with Gasteiger partial charge in [0.1, 0.15) is 5.75 Å². The number of nitrogens with one attached hydrogen (secondary N) is 1. The van der Waals surface area contributed by atoms with Crippen LogP contribution in [0, 0.1) is 18.8 Å². The SMILES string of the molecule is COc1cc(C)ccc1CNC(=O)[C@@H]1CCC[C@@H]1CN.Cl. The molecule has 1 aliphatic rings.